The van der Waals surface area contributed by atoms with Crippen LogP contribution < -0.4 is 0 Å². The van der Waals surface area contributed by atoms with Gasteiger partial charge in [-0.2, -0.15) is 0 Å². The number of rotatable bonds is 68. The highest BCUT2D eigenvalue weighted by Gasteiger charge is 2.19. The van der Waals surface area contributed by atoms with Crippen molar-refractivity contribution < 1.29 is 28.6 Å². The standard InChI is InChI=1S/C77H140O6/c1-4-7-10-13-16-19-22-25-28-31-34-36-38-39-40-42-43-46-49-52-55-58-61-64-67-70-76(79)82-73-74(72-81-75(78)69-66-63-60-57-54-51-48-45-33-30-27-24-21-18-15-12-9-6-3)83-77(80)71-68-65-62-59-56-53-50-47-44-41-37-35-32-29-26-23-20-17-14-11-8-5-2/h21-22,24-25,30-31,33-34,38-39,74H,4-20,23,26-29,32,35-37,40-73H2,1-3H3/b24-21-,25-22-,33-30-,34-31-,39-38-. The smallest absolute Gasteiger partial charge is 0.306 e. The Morgan fingerprint density at radius 1 is 0.241 bits per heavy atom. The summed E-state index contributed by atoms with van der Waals surface area (Å²) in [7, 11) is 0. The third kappa shape index (κ3) is 69.8. The lowest BCUT2D eigenvalue weighted by Gasteiger charge is -2.18. The summed E-state index contributed by atoms with van der Waals surface area (Å²) in [4.78, 5) is 38.5. The summed E-state index contributed by atoms with van der Waals surface area (Å²) in [5, 5.41) is 0. The fraction of sp³-hybridized carbons (Fsp3) is 0.831. The van der Waals surface area contributed by atoms with Crippen LogP contribution in [0.25, 0.3) is 0 Å². The van der Waals surface area contributed by atoms with Crippen LogP contribution in [0.5, 0.6) is 0 Å². The first-order valence-corrected chi connectivity index (χ1v) is 36.8. The van der Waals surface area contributed by atoms with E-state index in [2.05, 4.69) is 81.5 Å². The van der Waals surface area contributed by atoms with Crippen molar-refractivity contribution in [1.82, 2.24) is 0 Å². The van der Waals surface area contributed by atoms with Crippen LogP contribution in [0.15, 0.2) is 60.8 Å². The van der Waals surface area contributed by atoms with E-state index in [9.17, 15) is 14.4 Å². The number of hydrogen-bond acceptors (Lipinski definition) is 6. The molecule has 83 heavy (non-hydrogen) atoms. The van der Waals surface area contributed by atoms with Crippen molar-refractivity contribution >= 4 is 17.9 Å². The number of ether oxygens (including phenoxy) is 3. The molecule has 0 saturated heterocycles. The molecule has 0 saturated carbocycles. The highest BCUT2D eigenvalue weighted by atomic mass is 16.6. The first-order valence-electron chi connectivity index (χ1n) is 36.8. The number of unbranched alkanes of at least 4 members (excludes halogenated alkanes) is 47. The summed E-state index contributed by atoms with van der Waals surface area (Å²) in [6.07, 6.45) is 92.5. The van der Waals surface area contributed by atoms with E-state index in [4.69, 9.17) is 14.2 Å². The monoisotopic (exact) mass is 1160 g/mol. The van der Waals surface area contributed by atoms with E-state index in [1.807, 2.05) is 0 Å². The van der Waals surface area contributed by atoms with Crippen molar-refractivity contribution in [2.75, 3.05) is 13.2 Å². The van der Waals surface area contributed by atoms with Gasteiger partial charge in [-0.05, 0) is 89.9 Å². The minimum absolute atomic E-state index is 0.0751. The van der Waals surface area contributed by atoms with Crippen LogP contribution in [0.1, 0.15) is 393 Å². The topological polar surface area (TPSA) is 78.9 Å². The number of allylic oxidation sites excluding steroid dienone is 10. The summed E-state index contributed by atoms with van der Waals surface area (Å²) in [5.74, 6) is -0.859. The minimum Gasteiger partial charge on any atom is -0.462 e. The van der Waals surface area contributed by atoms with Gasteiger partial charge in [0.1, 0.15) is 13.2 Å². The van der Waals surface area contributed by atoms with Crippen LogP contribution in [0.3, 0.4) is 0 Å². The van der Waals surface area contributed by atoms with Crippen LogP contribution in [-0.4, -0.2) is 37.2 Å². The van der Waals surface area contributed by atoms with E-state index < -0.39 is 6.10 Å². The first kappa shape index (κ1) is 80.1. The zero-order valence-electron chi connectivity index (χ0n) is 55.7. The highest BCUT2D eigenvalue weighted by molar-refractivity contribution is 5.71. The van der Waals surface area contributed by atoms with Crippen molar-refractivity contribution in [3.8, 4) is 0 Å². The maximum Gasteiger partial charge on any atom is 0.306 e. The van der Waals surface area contributed by atoms with Crippen LogP contribution in [0.2, 0.25) is 0 Å². The second-order valence-electron chi connectivity index (χ2n) is 24.9. The van der Waals surface area contributed by atoms with Crippen molar-refractivity contribution in [3.63, 3.8) is 0 Å². The van der Waals surface area contributed by atoms with Crippen LogP contribution in [-0.2, 0) is 28.6 Å². The molecule has 0 heterocycles. The second-order valence-corrected chi connectivity index (χ2v) is 24.9. The molecule has 6 heteroatoms. The van der Waals surface area contributed by atoms with E-state index in [-0.39, 0.29) is 31.1 Å². The summed E-state index contributed by atoms with van der Waals surface area (Å²) in [6, 6.07) is 0. The summed E-state index contributed by atoms with van der Waals surface area (Å²) in [5.41, 5.74) is 0. The van der Waals surface area contributed by atoms with Gasteiger partial charge >= 0.3 is 17.9 Å². The lowest BCUT2D eigenvalue weighted by Crippen LogP contribution is -2.30. The third-order valence-corrected chi connectivity index (χ3v) is 16.5. The molecule has 0 N–H and O–H groups in total. The van der Waals surface area contributed by atoms with E-state index in [0.717, 1.165) is 83.5 Å². The SMILES string of the molecule is CCCCCC/C=C\C/C=C\CCCCCCCCCC(=O)OCC(COC(=O)CCCCCCCCCCCC/C=C\C/C=C\C/C=C\CCCCCCC)OC(=O)CCCCCCCCCCCCCCCCCCCCCCCC. The molecule has 1 atom stereocenters. The van der Waals surface area contributed by atoms with Crippen molar-refractivity contribution in [2.24, 2.45) is 0 Å². The van der Waals surface area contributed by atoms with Gasteiger partial charge in [-0.1, -0.05) is 345 Å². The number of carbonyl (C=O) groups excluding carboxylic acids is 3. The zero-order chi connectivity index (χ0) is 59.9. The third-order valence-electron chi connectivity index (χ3n) is 16.5. The van der Waals surface area contributed by atoms with Crippen molar-refractivity contribution in [2.45, 2.75) is 399 Å². The molecule has 0 spiro atoms. The predicted molar refractivity (Wildman–Crippen MR) is 362 cm³/mol. The fourth-order valence-electron chi connectivity index (χ4n) is 11.0. The minimum atomic E-state index is -0.780. The molecule has 484 valence electrons. The van der Waals surface area contributed by atoms with Gasteiger partial charge in [0.25, 0.3) is 0 Å². The predicted octanol–water partition coefficient (Wildman–Crippen LogP) is 25.5. The molecule has 0 bridgehead atoms. The summed E-state index contributed by atoms with van der Waals surface area (Å²) in [6.45, 7) is 6.67. The Balaban J connectivity index is 4.33. The molecule has 0 rings (SSSR count). The normalized spacial score (nSPS) is 12.4. The maximum atomic E-state index is 13.0. The molecule has 0 aromatic rings. The molecule has 0 amide bonds. The Morgan fingerprint density at radius 3 is 0.687 bits per heavy atom. The molecular formula is C77H140O6. The van der Waals surface area contributed by atoms with Gasteiger partial charge in [0, 0.05) is 19.3 Å². The van der Waals surface area contributed by atoms with Gasteiger partial charge in [-0.15, -0.1) is 0 Å². The molecule has 0 aromatic carbocycles. The summed E-state index contributed by atoms with van der Waals surface area (Å²) < 4.78 is 17.0. The number of carbonyl (C=O) groups is 3. The molecule has 6 nitrogen and oxygen atoms in total. The number of hydrogen-bond donors (Lipinski definition) is 0. The Labute approximate surface area is 517 Å². The molecule has 0 aliphatic rings. The van der Waals surface area contributed by atoms with E-state index in [0.29, 0.717) is 19.3 Å². The molecule has 0 aromatic heterocycles. The van der Waals surface area contributed by atoms with Crippen molar-refractivity contribution in [3.05, 3.63) is 60.8 Å². The highest BCUT2D eigenvalue weighted by Crippen LogP contribution is 2.18. The molecular weight excluding hydrogens is 1020 g/mol. The maximum absolute atomic E-state index is 13.0. The van der Waals surface area contributed by atoms with Gasteiger partial charge in [0.05, 0.1) is 0 Å². The fourth-order valence-corrected chi connectivity index (χ4v) is 11.0. The molecule has 0 aliphatic carbocycles. The molecule has 1 unspecified atom stereocenters. The average Bonchev–Trinajstić information content (AvgIpc) is 3.49. The largest absolute Gasteiger partial charge is 0.462 e. The van der Waals surface area contributed by atoms with E-state index in [1.54, 1.807) is 0 Å². The quantitative estimate of drug-likeness (QED) is 0.0261. The van der Waals surface area contributed by atoms with Gasteiger partial charge in [-0.3, -0.25) is 14.4 Å². The molecule has 0 radical (unpaired) electrons. The van der Waals surface area contributed by atoms with Gasteiger partial charge in [0.15, 0.2) is 6.10 Å². The van der Waals surface area contributed by atoms with E-state index in [1.165, 1.54) is 270 Å². The molecule has 0 fully saturated rings. The Bertz CT molecular complexity index is 1470. The van der Waals surface area contributed by atoms with Gasteiger partial charge < -0.3 is 14.2 Å². The first-order chi connectivity index (χ1) is 41.0. The van der Waals surface area contributed by atoms with Gasteiger partial charge in [0.2, 0.25) is 0 Å². The Morgan fingerprint density at radius 2 is 0.434 bits per heavy atom. The Hall–Kier alpha value is -2.89. The van der Waals surface area contributed by atoms with Crippen LogP contribution in [0.4, 0.5) is 0 Å². The van der Waals surface area contributed by atoms with Crippen LogP contribution in [0, 0.1) is 0 Å². The molecule has 0 aliphatic heterocycles. The lowest BCUT2D eigenvalue weighted by atomic mass is 10.0. The lowest BCUT2D eigenvalue weighted by molar-refractivity contribution is -0.167. The average molecular weight is 1160 g/mol. The zero-order valence-corrected chi connectivity index (χ0v) is 55.7. The Kier molecular flexibility index (Phi) is 69.1. The van der Waals surface area contributed by atoms with Crippen molar-refractivity contribution in [1.29, 1.82) is 0 Å². The van der Waals surface area contributed by atoms with Crippen LogP contribution >= 0.6 is 0 Å². The second kappa shape index (κ2) is 71.6. The van der Waals surface area contributed by atoms with E-state index >= 15 is 0 Å². The van der Waals surface area contributed by atoms with Gasteiger partial charge in [-0.25, -0.2) is 0 Å². The number of esters is 3. The summed E-state index contributed by atoms with van der Waals surface area (Å²) >= 11 is 0.